The molecular weight excluding hydrogens is 314 g/mol. The third kappa shape index (κ3) is 4.89. The number of carbonyl (C=O) groups excluding carboxylic acids is 2. The van der Waals surface area contributed by atoms with Crippen molar-refractivity contribution >= 4 is 11.8 Å². The molecule has 5 heteroatoms. The van der Waals surface area contributed by atoms with Gasteiger partial charge in [-0.2, -0.15) is 0 Å². The molecular formula is C20H25N3O2. The minimum absolute atomic E-state index is 0.175. The number of amides is 2. The molecule has 0 saturated carbocycles. The van der Waals surface area contributed by atoms with Crippen molar-refractivity contribution in [2.24, 2.45) is 5.41 Å². The molecule has 1 aromatic heterocycles. The highest BCUT2D eigenvalue weighted by molar-refractivity contribution is 6.04. The molecule has 2 rings (SSSR count). The summed E-state index contributed by atoms with van der Waals surface area (Å²) in [6, 6.07) is 13.5. The van der Waals surface area contributed by atoms with Crippen molar-refractivity contribution in [2.75, 3.05) is 6.54 Å². The molecule has 2 aromatic rings. The second-order valence-electron chi connectivity index (χ2n) is 6.47. The number of carbonyl (C=O) groups is 2. The summed E-state index contributed by atoms with van der Waals surface area (Å²) in [5, 5.41) is 2.85. The van der Waals surface area contributed by atoms with Crippen molar-refractivity contribution in [1.82, 2.24) is 15.2 Å². The summed E-state index contributed by atoms with van der Waals surface area (Å²) in [6.45, 7) is 6.69. The Balaban J connectivity index is 2.02. The van der Waals surface area contributed by atoms with Crippen molar-refractivity contribution in [2.45, 2.75) is 33.9 Å². The van der Waals surface area contributed by atoms with Gasteiger partial charge in [-0.25, -0.2) is 0 Å². The zero-order valence-corrected chi connectivity index (χ0v) is 15.0. The van der Waals surface area contributed by atoms with Crippen LogP contribution >= 0.6 is 0 Å². The average molecular weight is 339 g/mol. The minimum atomic E-state index is -1.13. The zero-order valence-electron chi connectivity index (χ0n) is 15.0. The van der Waals surface area contributed by atoms with Gasteiger partial charge < -0.3 is 10.2 Å². The van der Waals surface area contributed by atoms with Gasteiger partial charge in [-0.15, -0.1) is 0 Å². The predicted molar refractivity (Wildman–Crippen MR) is 97.4 cm³/mol. The molecule has 0 spiro atoms. The Bertz CT molecular complexity index is 699. The first-order valence-electron chi connectivity index (χ1n) is 8.45. The van der Waals surface area contributed by atoms with Crippen molar-refractivity contribution in [3.05, 3.63) is 66.0 Å². The second kappa shape index (κ2) is 8.42. The summed E-state index contributed by atoms with van der Waals surface area (Å²) < 4.78 is 0. The summed E-state index contributed by atoms with van der Waals surface area (Å²) >= 11 is 0. The van der Waals surface area contributed by atoms with E-state index in [0.29, 0.717) is 19.6 Å². The van der Waals surface area contributed by atoms with Crippen LogP contribution < -0.4 is 5.32 Å². The monoisotopic (exact) mass is 339 g/mol. The van der Waals surface area contributed by atoms with Crippen LogP contribution in [0.15, 0.2) is 54.9 Å². The van der Waals surface area contributed by atoms with E-state index in [4.69, 9.17) is 0 Å². The molecule has 1 N–H and O–H groups in total. The lowest BCUT2D eigenvalue weighted by molar-refractivity contribution is -0.149. The zero-order chi connectivity index (χ0) is 18.3. The molecule has 1 heterocycles. The quantitative estimate of drug-likeness (QED) is 0.789. The van der Waals surface area contributed by atoms with Crippen LogP contribution in [-0.4, -0.2) is 28.2 Å². The molecule has 132 valence electrons. The Hall–Kier alpha value is -2.69. The molecule has 0 aliphatic carbocycles. The minimum Gasteiger partial charge on any atom is -0.351 e. The molecule has 1 aromatic carbocycles. The fourth-order valence-corrected chi connectivity index (χ4v) is 2.53. The van der Waals surface area contributed by atoms with E-state index < -0.39 is 5.41 Å². The largest absolute Gasteiger partial charge is 0.351 e. The van der Waals surface area contributed by atoms with Crippen LogP contribution in [0.1, 0.15) is 31.9 Å². The van der Waals surface area contributed by atoms with Crippen LogP contribution in [0.2, 0.25) is 0 Å². The standard InChI is InChI=1S/C20H25N3O2/c1-4-23(15-17-8-6-5-7-9-17)19(25)20(2,3)18(24)22-14-16-10-12-21-13-11-16/h5-13H,4,14-15H2,1-3H3,(H,22,24). The maximum atomic E-state index is 12.9. The van der Waals surface area contributed by atoms with E-state index in [1.165, 1.54) is 0 Å². The summed E-state index contributed by atoms with van der Waals surface area (Å²) in [4.78, 5) is 31.1. The lowest BCUT2D eigenvalue weighted by atomic mass is 9.90. The topological polar surface area (TPSA) is 62.3 Å². The van der Waals surface area contributed by atoms with Gasteiger partial charge in [-0.1, -0.05) is 30.3 Å². The van der Waals surface area contributed by atoms with E-state index in [1.807, 2.05) is 49.4 Å². The molecule has 0 aliphatic heterocycles. The molecule has 0 saturated heterocycles. The number of hydrogen-bond acceptors (Lipinski definition) is 3. The molecule has 0 atom stereocenters. The normalized spacial score (nSPS) is 11.0. The number of hydrogen-bond donors (Lipinski definition) is 1. The van der Waals surface area contributed by atoms with Gasteiger partial charge in [0, 0.05) is 32.0 Å². The molecule has 0 bridgehead atoms. The van der Waals surface area contributed by atoms with Crippen LogP contribution in [0.3, 0.4) is 0 Å². The molecule has 0 radical (unpaired) electrons. The van der Waals surface area contributed by atoms with Gasteiger partial charge in [0.15, 0.2) is 0 Å². The molecule has 25 heavy (non-hydrogen) atoms. The Morgan fingerprint density at radius 1 is 1.04 bits per heavy atom. The summed E-state index contributed by atoms with van der Waals surface area (Å²) in [5.74, 6) is -0.452. The highest BCUT2D eigenvalue weighted by atomic mass is 16.2. The van der Waals surface area contributed by atoms with E-state index in [-0.39, 0.29) is 11.8 Å². The van der Waals surface area contributed by atoms with Crippen molar-refractivity contribution in [3.63, 3.8) is 0 Å². The highest BCUT2D eigenvalue weighted by Gasteiger charge is 2.38. The van der Waals surface area contributed by atoms with Gasteiger partial charge >= 0.3 is 0 Å². The van der Waals surface area contributed by atoms with Crippen LogP contribution in [0.25, 0.3) is 0 Å². The van der Waals surface area contributed by atoms with Gasteiger partial charge in [0.25, 0.3) is 0 Å². The number of nitrogens with zero attached hydrogens (tertiary/aromatic N) is 2. The maximum Gasteiger partial charge on any atom is 0.237 e. The molecule has 5 nitrogen and oxygen atoms in total. The van der Waals surface area contributed by atoms with E-state index >= 15 is 0 Å². The first kappa shape index (κ1) is 18.6. The van der Waals surface area contributed by atoms with E-state index in [1.54, 1.807) is 31.1 Å². The molecule has 0 fully saturated rings. The van der Waals surface area contributed by atoms with Gasteiger partial charge in [-0.3, -0.25) is 14.6 Å². The van der Waals surface area contributed by atoms with Crippen LogP contribution in [0.5, 0.6) is 0 Å². The second-order valence-corrected chi connectivity index (χ2v) is 6.47. The van der Waals surface area contributed by atoms with Gasteiger partial charge in [-0.05, 0) is 44.0 Å². The maximum absolute atomic E-state index is 12.9. The van der Waals surface area contributed by atoms with Crippen molar-refractivity contribution in [1.29, 1.82) is 0 Å². The number of aromatic nitrogens is 1. The van der Waals surface area contributed by atoms with E-state index in [9.17, 15) is 9.59 Å². The van der Waals surface area contributed by atoms with Crippen molar-refractivity contribution in [3.8, 4) is 0 Å². The number of benzene rings is 1. The summed E-state index contributed by atoms with van der Waals surface area (Å²) in [6.07, 6.45) is 3.35. The summed E-state index contributed by atoms with van der Waals surface area (Å²) in [5.41, 5.74) is 0.867. The van der Waals surface area contributed by atoms with Crippen LogP contribution in [-0.2, 0) is 22.7 Å². The first-order chi connectivity index (χ1) is 11.9. The SMILES string of the molecule is CCN(Cc1ccccc1)C(=O)C(C)(C)C(=O)NCc1ccncc1. The summed E-state index contributed by atoms with van der Waals surface area (Å²) in [7, 11) is 0. The van der Waals surface area contributed by atoms with E-state index in [0.717, 1.165) is 11.1 Å². The Morgan fingerprint density at radius 2 is 1.68 bits per heavy atom. The fourth-order valence-electron chi connectivity index (χ4n) is 2.53. The molecule has 0 unspecified atom stereocenters. The van der Waals surface area contributed by atoms with E-state index in [2.05, 4.69) is 10.3 Å². The van der Waals surface area contributed by atoms with Gasteiger partial charge in [0.05, 0.1) is 0 Å². The predicted octanol–water partition coefficient (Wildman–Crippen LogP) is 2.77. The lowest BCUT2D eigenvalue weighted by Gasteiger charge is -2.30. The van der Waals surface area contributed by atoms with Crippen LogP contribution in [0, 0.1) is 5.41 Å². The van der Waals surface area contributed by atoms with Gasteiger partial charge in [0.2, 0.25) is 11.8 Å². The van der Waals surface area contributed by atoms with Crippen molar-refractivity contribution < 1.29 is 9.59 Å². The molecule has 2 amide bonds. The van der Waals surface area contributed by atoms with Crippen LogP contribution in [0.4, 0.5) is 0 Å². The number of nitrogens with one attached hydrogen (secondary N) is 1. The fraction of sp³-hybridized carbons (Fsp3) is 0.350. The number of pyridine rings is 1. The average Bonchev–Trinajstić information content (AvgIpc) is 2.65. The third-order valence-corrected chi connectivity index (χ3v) is 4.19. The Morgan fingerprint density at radius 3 is 2.28 bits per heavy atom. The first-order valence-corrected chi connectivity index (χ1v) is 8.45. The highest BCUT2D eigenvalue weighted by Crippen LogP contribution is 2.21. The Kier molecular flexibility index (Phi) is 6.28. The Labute approximate surface area is 149 Å². The lowest BCUT2D eigenvalue weighted by Crippen LogP contribution is -2.49. The number of rotatable bonds is 7. The molecule has 0 aliphatic rings. The third-order valence-electron chi connectivity index (χ3n) is 4.19. The smallest absolute Gasteiger partial charge is 0.237 e. The van der Waals surface area contributed by atoms with Gasteiger partial charge in [0.1, 0.15) is 5.41 Å².